The fourth-order valence-electron chi connectivity index (χ4n) is 1.81. The summed E-state index contributed by atoms with van der Waals surface area (Å²) < 4.78 is 13.1. The summed E-state index contributed by atoms with van der Waals surface area (Å²) in [7, 11) is 0. The van der Waals surface area contributed by atoms with Crippen LogP contribution < -0.4 is 5.32 Å². The van der Waals surface area contributed by atoms with Crippen molar-refractivity contribution in [2.24, 2.45) is 0 Å². The average Bonchev–Trinajstić information content (AvgIpc) is 2.33. The van der Waals surface area contributed by atoms with Crippen molar-refractivity contribution in [3.05, 3.63) is 35.1 Å². The Hall–Kier alpha value is -0.970. The zero-order valence-corrected chi connectivity index (χ0v) is 10.3. The van der Waals surface area contributed by atoms with E-state index < -0.39 is 6.10 Å². The summed E-state index contributed by atoms with van der Waals surface area (Å²) in [6.07, 6.45) is 0.0447. The van der Waals surface area contributed by atoms with Crippen molar-refractivity contribution in [3.63, 3.8) is 0 Å². The van der Waals surface area contributed by atoms with Crippen molar-refractivity contribution in [3.8, 4) is 0 Å². The number of benzene rings is 1. The van der Waals surface area contributed by atoms with Gasteiger partial charge in [-0.3, -0.25) is 0 Å². The summed E-state index contributed by atoms with van der Waals surface area (Å²) >= 11 is 0. The van der Waals surface area contributed by atoms with Gasteiger partial charge in [-0.15, -0.1) is 0 Å². The van der Waals surface area contributed by atoms with E-state index in [9.17, 15) is 9.50 Å². The predicted octanol–water partition coefficient (Wildman–Crippen LogP) is 1.53. The lowest BCUT2D eigenvalue weighted by Gasteiger charge is -2.23. The van der Waals surface area contributed by atoms with E-state index in [1.54, 1.807) is 19.1 Å². The summed E-state index contributed by atoms with van der Waals surface area (Å²) in [5, 5.41) is 22.0. The monoisotopic (exact) mass is 241 g/mol. The Morgan fingerprint density at radius 2 is 2.12 bits per heavy atom. The number of rotatable bonds is 6. The Kier molecular flexibility index (Phi) is 5.55. The van der Waals surface area contributed by atoms with Gasteiger partial charge in [0.15, 0.2) is 0 Å². The highest BCUT2D eigenvalue weighted by molar-refractivity contribution is 5.26. The van der Waals surface area contributed by atoms with Crippen molar-refractivity contribution in [2.75, 3.05) is 13.2 Å². The van der Waals surface area contributed by atoms with Crippen LogP contribution in [0.4, 0.5) is 4.39 Å². The van der Waals surface area contributed by atoms with E-state index in [1.165, 1.54) is 6.07 Å². The second-order valence-electron chi connectivity index (χ2n) is 4.15. The third-order valence-electron chi connectivity index (χ3n) is 2.86. The zero-order valence-electron chi connectivity index (χ0n) is 10.3. The summed E-state index contributed by atoms with van der Waals surface area (Å²) in [5.74, 6) is -0.266. The van der Waals surface area contributed by atoms with Gasteiger partial charge in [0, 0.05) is 12.6 Å². The molecule has 0 saturated carbocycles. The molecule has 2 unspecified atom stereocenters. The first kappa shape index (κ1) is 14.1. The van der Waals surface area contributed by atoms with Crippen molar-refractivity contribution in [1.82, 2.24) is 5.32 Å². The van der Waals surface area contributed by atoms with Gasteiger partial charge in [0.25, 0.3) is 0 Å². The van der Waals surface area contributed by atoms with Crippen LogP contribution in [0.2, 0.25) is 0 Å². The molecule has 0 aliphatic rings. The Balaban J connectivity index is 2.78. The number of aryl methyl sites for hydroxylation is 1. The fourth-order valence-corrected chi connectivity index (χ4v) is 1.81. The normalized spacial score (nSPS) is 14.6. The van der Waals surface area contributed by atoms with Gasteiger partial charge in [0.05, 0.1) is 12.7 Å². The first-order valence-corrected chi connectivity index (χ1v) is 5.88. The molecule has 0 aliphatic carbocycles. The lowest BCUT2D eigenvalue weighted by Crippen LogP contribution is -2.36. The molecular formula is C13H20FNO2. The Labute approximate surface area is 101 Å². The Bertz CT molecular complexity index is 357. The fraction of sp³-hybridized carbons (Fsp3) is 0.538. The van der Waals surface area contributed by atoms with Crippen LogP contribution in [0, 0.1) is 12.7 Å². The van der Waals surface area contributed by atoms with Crippen LogP contribution in [0.1, 0.15) is 30.6 Å². The molecule has 2 atom stereocenters. The second-order valence-corrected chi connectivity index (χ2v) is 4.15. The maximum atomic E-state index is 13.1. The molecule has 0 amide bonds. The van der Waals surface area contributed by atoms with Crippen molar-refractivity contribution in [2.45, 2.75) is 32.4 Å². The smallest absolute Gasteiger partial charge is 0.126 e. The number of hydrogen-bond donors (Lipinski definition) is 3. The van der Waals surface area contributed by atoms with Gasteiger partial charge in [-0.1, -0.05) is 19.1 Å². The third kappa shape index (κ3) is 3.77. The molecule has 1 rings (SSSR count). The van der Waals surface area contributed by atoms with Crippen LogP contribution in [-0.2, 0) is 0 Å². The van der Waals surface area contributed by atoms with E-state index in [-0.39, 0.29) is 18.5 Å². The number of halogens is 1. The number of hydrogen-bond acceptors (Lipinski definition) is 3. The molecule has 1 aromatic rings. The van der Waals surface area contributed by atoms with E-state index in [1.807, 2.05) is 6.92 Å². The van der Waals surface area contributed by atoms with E-state index in [2.05, 4.69) is 5.32 Å². The second kappa shape index (κ2) is 6.69. The Morgan fingerprint density at radius 3 is 2.65 bits per heavy atom. The van der Waals surface area contributed by atoms with E-state index in [4.69, 9.17) is 5.11 Å². The van der Waals surface area contributed by atoms with E-state index in [0.29, 0.717) is 17.7 Å². The largest absolute Gasteiger partial charge is 0.395 e. The molecule has 0 aromatic heterocycles. The van der Waals surface area contributed by atoms with E-state index in [0.717, 1.165) is 6.42 Å². The molecule has 96 valence electrons. The summed E-state index contributed by atoms with van der Waals surface area (Å²) in [6, 6.07) is 4.48. The van der Waals surface area contributed by atoms with Crippen LogP contribution in [0.25, 0.3) is 0 Å². The highest BCUT2D eigenvalue weighted by Gasteiger charge is 2.19. The topological polar surface area (TPSA) is 52.5 Å². The molecule has 17 heavy (non-hydrogen) atoms. The minimum absolute atomic E-state index is 0.0334. The van der Waals surface area contributed by atoms with Gasteiger partial charge in [0.2, 0.25) is 0 Å². The van der Waals surface area contributed by atoms with Crippen LogP contribution in [0.5, 0.6) is 0 Å². The average molecular weight is 241 g/mol. The van der Waals surface area contributed by atoms with Crippen LogP contribution in [0.3, 0.4) is 0 Å². The van der Waals surface area contributed by atoms with Gasteiger partial charge in [-0.25, -0.2) is 4.39 Å². The maximum Gasteiger partial charge on any atom is 0.126 e. The van der Waals surface area contributed by atoms with Crippen LogP contribution >= 0.6 is 0 Å². The van der Waals surface area contributed by atoms with Gasteiger partial charge in [-0.05, 0) is 30.5 Å². The Morgan fingerprint density at radius 1 is 1.41 bits per heavy atom. The first-order valence-electron chi connectivity index (χ1n) is 5.88. The molecule has 0 spiro atoms. The first-order chi connectivity index (χ1) is 8.10. The lowest BCUT2D eigenvalue weighted by atomic mass is 9.98. The van der Waals surface area contributed by atoms with Gasteiger partial charge in [0.1, 0.15) is 5.82 Å². The van der Waals surface area contributed by atoms with E-state index >= 15 is 0 Å². The van der Waals surface area contributed by atoms with Crippen molar-refractivity contribution in [1.29, 1.82) is 0 Å². The SMILES string of the molecule is CCC(NCCO)C(O)c1ccc(F)c(C)c1. The van der Waals surface area contributed by atoms with Gasteiger partial charge >= 0.3 is 0 Å². The number of aliphatic hydroxyl groups is 2. The molecular weight excluding hydrogens is 221 g/mol. The summed E-state index contributed by atoms with van der Waals surface area (Å²) in [5.41, 5.74) is 1.22. The third-order valence-corrected chi connectivity index (χ3v) is 2.86. The predicted molar refractivity (Wildman–Crippen MR) is 65.3 cm³/mol. The number of aliphatic hydroxyl groups excluding tert-OH is 2. The standard InChI is InChI=1S/C13H20FNO2/c1-3-12(15-6-7-16)13(17)10-4-5-11(14)9(2)8-10/h4-5,8,12-13,15-17H,3,6-7H2,1-2H3. The molecule has 0 aliphatic heterocycles. The highest BCUT2D eigenvalue weighted by atomic mass is 19.1. The molecule has 3 nitrogen and oxygen atoms in total. The molecule has 0 heterocycles. The summed E-state index contributed by atoms with van der Waals surface area (Å²) in [4.78, 5) is 0. The van der Waals surface area contributed by atoms with Crippen molar-refractivity contribution < 1.29 is 14.6 Å². The minimum atomic E-state index is -0.689. The zero-order chi connectivity index (χ0) is 12.8. The highest BCUT2D eigenvalue weighted by Crippen LogP contribution is 2.21. The molecule has 3 N–H and O–H groups in total. The molecule has 0 saturated heterocycles. The molecule has 1 aromatic carbocycles. The summed E-state index contributed by atoms with van der Waals surface area (Å²) in [6.45, 7) is 4.10. The molecule has 0 fully saturated rings. The van der Waals surface area contributed by atoms with Crippen molar-refractivity contribution >= 4 is 0 Å². The van der Waals surface area contributed by atoms with Crippen LogP contribution in [0.15, 0.2) is 18.2 Å². The minimum Gasteiger partial charge on any atom is -0.395 e. The lowest BCUT2D eigenvalue weighted by molar-refractivity contribution is 0.122. The number of nitrogens with one attached hydrogen (secondary N) is 1. The molecule has 0 radical (unpaired) electrons. The maximum absolute atomic E-state index is 13.1. The van der Waals surface area contributed by atoms with Crippen LogP contribution in [-0.4, -0.2) is 29.4 Å². The quantitative estimate of drug-likeness (QED) is 0.708. The van der Waals surface area contributed by atoms with Gasteiger partial charge < -0.3 is 15.5 Å². The molecule has 0 bridgehead atoms. The molecule has 4 heteroatoms. The van der Waals surface area contributed by atoms with Gasteiger partial charge in [-0.2, -0.15) is 0 Å².